The minimum atomic E-state index is 1.30. The molecule has 0 aliphatic rings. The maximum atomic E-state index is 2.31. The maximum Gasteiger partial charge on any atom is 0.00452 e. The van der Waals surface area contributed by atoms with Crippen LogP contribution >= 0.6 is 11.3 Å². The zero-order valence-electron chi connectivity index (χ0n) is 24.9. The van der Waals surface area contributed by atoms with E-state index in [-0.39, 0.29) is 0 Å². The van der Waals surface area contributed by atoms with Crippen LogP contribution in [0.25, 0.3) is 0 Å². The fraction of sp³-hybridized carbons (Fsp3) is 0.886. The van der Waals surface area contributed by atoms with Crippen molar-refractivity contribution in [1.29, 1.82) is 0 Å². The quantitative estimate of drug-likeness (QED) is 0.0888. The van der Waals surface area contributed by atoms with E-state index in [0.717, 1.165) is 0 Å². The van der Waals surface area contributed by atoms with Crippen molar-refractivity contribution < 1.29 is 0 Å². The second-order valence-electron chi connectivity index (χ2n) is 11.7. The molecule has 0 saturated carbocycles. The van der Waals surface area contributed by atoms with Gasteiger partial charge in [0.05, 0.1) is 0 Å². The van der Waals surface area contributed by atoms with Gasteiger partial charge in [0, 0.05) is 4.88 Å². The van der Waals surface area contributed by atoms with Gasteiger partial charge in [0.15, 0.2) is 0 Å². The zero-order valence-corrected chi connectivity index (χ0v) is 25.7. The van der Waals surface area contributed by atoms with Crippen LogP contribution in [0.1, 0.15) is 198 Å². The van der Waals surface area contributed by atoms with Crippen molar-refractivity contribution in [2.75, 3.05) is 0 Å². The second kappa shape index (κ2) is 29.3. The molecule has 0 amide bonds. The van der Waals surface area contributed by atoms with Crippen LogP contribution < -0.4 is 0 Å². The molecule has 0 unspecified atom stereocenters. The minimum Gasteiger partial charge on any atom is -0.149 e. The molecule has 0 spiro atoms. The SMILES string of the molecule is CCCCCCCCCCCCCCCCCCCCCCCCCCCCCCCc1cccs1. The third-order valence-corrected chi connectivity index (χ3v) is 9.04. The van der Waals surface area contributed by atoms with Crippen molar-refractivity contribution in [2.45, 2.75) is 200 Å². The molecule has 36 heavy (non-hydrogen) atoms. The Morgan fingerprint density at radius 1 is 0.389 bits per heavy atom. The predicted molar refractivity (Wildman–Crippen MR) is 168 cm³/mol. The number of thiophene rings is 1. The van der Waals surface area contributed by atoms with Crippen LogP contribution in [0.5, 0.6) is 0 Å². The van der Waals surface area contributed by atoms with E-state index in [1.54, 1.807) is 4.88 Å². The molecule has 1 aromatic heterocycles. The molecular weight excluding hydrogens is 452 g/mol. The van der Waals surface area contributed by atoms with Crippen LogP contribution in [0.3, 0.4) is 0 Å². The van der Waals surface area contributed by atoms with Gasteiger partial charge in [-0.15, -0.1) is 11.3 Å². The molecule has 0 bridgehead atoms. The van der Waals surface area contributed by atoms with Crippen LogP contribution in [0.15, 0.2) is 17.5 Å². The maximum absolute atomic E-state index is 2.31. The molecule has 1 rings (SSSR count). The highest BCUT2D eigenvalue weighted by atomic mass is 32.1. The van der Waals surface area contributed by atoms with E-state index in [1.807, 2.05) is 11.3 Å². The van der Waals surface area contributed by atoms with Crippen molar-refractivity contribution in [1.82, 2.24) is 0 Å². The molecule has 0 atom stereocenters. The third-order valence-electron chi connectivity index (χ3n) is 8.11. The molecule has 1 aromatic rings. The Hall–Kier alpha value is -0.300. The molecule has 0 aromatic carbocycles. The summed E-state index contributed by atoms with van der Waals surface area (Å²) in [6, 6.07) is 4.47. The first-order valence-electron chi connectivity index (χ1n) is 17.0. The van der Waals surface area contributed by atoms with Gasteiger partial charge in [-0.2, -0.15) is 0 Å². The summed E-state index contributed by atoms with van der Waals surface area (Å²) in [7, 11) is 0. The number of aryl methyl sites for hydroxylation is 1. The smallest absolute Gasteiger partial charge is 0.00452 e. The van der Waals surface area contributed by atoms with Gasteiger partial charge in [-0.3, -0.25) is 0 Å². The van der Waals surface area contributed by atoms with Gasteiger partial charge in [0.1, 0.15) is 0 Å². The van der Waals surface area contributed by atoms with E-state index in [4.69, 9.17) is 0 Å². The molecule has 0 radical (unpaired) electrons. The molecule has 0 nitrogen and oxygen atoms in total. The fourth-order valence-corrected chi connectivity index (χ4v) is 6.35. The Bertz CT molecular complexity index is 491. The molecule has 212 valence electrons. The average molecular weight is 519 g/mol. The van der Waals surface area contributed by atoms with Crippen LogP contribution in [0.2, 0.25) is 0 Å². The Morgan fingerprint density at radius 3 is 0.917 bits per heavy atom. The summed E-state index contributed by atoms with van der Waals surface area (Å²) < 4.78 is 0. The van der Waals surface area contributed by atoms with Gasteiger partial charge in [0.25, 0.3) is 0 Å². The van der Waals surface area contributed by atoms with E-state index >= 15 is 0 Å². The standard InChI is InChI=1S/C35H66S/c1-2-3-4-5-6-7-8-9-10-11-12-13-14-15-16-17-18-19-20-21-22-23-24-25-26-27-28-29-30-32-35-33-31-34-36-35/h31,33-34H,2-30,32H2,1H3. The van der Waals surface area contributed by atoms with E-state index in [1.165, 1.54) is 193 Å². The summed E-state index contributed by atoms with van der Waals surface area (Å²) in [6.45, 7) is 2.31. The van der Waals surface area contributed by atoms with Crippen LogP contribution in [0, 0.1) is 0 Å². The van der Waals surface area contributed by atoms with Crippen molar-refractivity contribution >= 4 is 11.3 Å². The lowest BCUT2D eigenvalue weighted by atomic mass is 10.0. The van der Waals surface area contributed by atoms with Crippen molar-refractivity contribution in [3.05, 3.63) is 22.4 Å². The molecular formula is C35H66S. The Kier molecular flexibility index (Phi) is 27.4. The molecule has 0 saturated heterocycles. The highest BCUT2D eigenvalue weighted by Crippen LogP contribution is 2.17. The first kappa shape index (κ1) is 33.7. The molecule has 0 fully saturated rings. The molecule has 0 N–H and O–H groups in total. The summed E-state index contributed by atoms with van der Waals surface area (Å²) in [4.78, 5) is 1.57. The molecule has 1 heteroatoms. The topological polar surface area (TPSA) is 0 Å². The van der Waals surface area contributed by atoms with E-state index in [9.17, 15) is 0 Å². The number of unbranched alkanes of at least 4 members (excludes halogenated alkanes) is 28. The van der Waals surface area contributed by atoms with Crippen molar-refractivity contribution in [3.8, 4) is 0 Å². The Labute approximate surface area is 232 Å². The summed E-state index contributed by atoms with van der Waals surface area (Å²) in [5, 5.41) is 2.21. The lowest BCUT2D eigenvalue weighted by Gasteiger charge is -2.04. The molecule has 0 aliphatic heterocycles. The summed E-state index contributed by atoms with van der Waals surface area (Å²) >= 11 is 1.92. The number of rotatable bonds is 30. The number of hydrogen-bond donors (Lipinski definition) is 0. The predicted octanol–water partition coefficient (Wildman–Crippen LogP) is 13.6. The Balaban J connectivity index is 1.61. The van der Waals surface area contributed by atoms with Gasteiger partial charge in [0.2, 0.25) is 0 Å². The average Bonchev–Trinajstić information content (AvgIpc) is 3.41. The van der Waals surface area contributed by atoms with Crippen LogP contribution in [0.4, 0.5) is 0 Å². The lowest BCUT2D eigenvalue weighted by molar-refractivity contribution is 0.513. The fourth-order valence-electron chi connectivity index (χ4n) is 5.60. The zero-order chi connectivity index (χ0) is 25.6. The summed E-state index contributed by atoms with van der Waals surface area (Å²) in [5.41, 5.74) is 0. The number of hydrogen-bond acceptors (Lipinski definition) is 1. The highest BCUT2D eigenvalue weighted by molar-refractivity contribution is 7.09. The third kappa shape index (κ3) is 25.4. The van der Waals surface area contributed by atoms with Crippen LogP contribution in [-0.4, -0.2) is 0 Å². The normalized spacial score (nSPS) is 11.5. The van der Waals surface area contributed by atoms with Crippen molar-refractivity contribution in [2.24, 2.45) is 0 Å². The first-order chi connectivity index (χ1) is 17.9. The van der Waals surface area contributed by atoms with Gasteiger partial charge >= 0.3 is 0 Å². The highest BCUT2D eigenvalue weighted by Gasteiger charge is 1.97. The lowest BCUT2D eigenvalue weighted by Crippen LogP contribution is -1.85. The van der Waals surface area contributed by atoms with Gasteiger partial charge in [-0.05, 0) is 24.3 Å². The molecule has 0 aliphatic carbocycles. The van der Waals surface area contributed by atoms with E-state index in [0.29, 0.717) is 0 Å². The van der Waals surface area contributed by atoms with Gasteiger partial charge < -0.3 is 0 Å². The van der Waals surface area contributed by atoms with Crippen molar-refractivity contribution in [3.63, 3.8) is 0 Å². The van der Waals surface area contributed by atoms with Gasteiger partial charge in [-0.25, -0.2) is 0 Å². The Morgan fingerprint density at radius 2 is 0.667 bits per heavy atom. The van der Waals surface area contributed by atoms with Gasteiger partial charge in [-0.1, -0.05) is 193 Å². The summed E-state index contributed by atoms with van der Waals surface area (Å²) in [6.07, 6.45) is 44.0. The first-order valence-corrected chi connectivity index (χ1v) is 17.8. The molecule has 1 heterocycles. The minimum absolute atomic E-state index is 1.30. The largest absolute Gasteiger partial charge is 0.149 e. The van der Waals surface area contributed by atoms with E-state index < -0.39 is 0 Å². The second-order valence-corrected chi connectivity index (χ2v) is 12.8. The van der Waals surface area contributed by atoms with E-state index in [2.05, 4.69) is 24.4 Å². The monoisotopic (exact) mass is 518 g/mol. The summed E-state index contributed by atoms with van der Waals surface area (Å²) in [5.74, 6) is 0. The van der Waals surface area contributed by atoms with Crippen LogP contribution in [-0.2, 0) is 6.42 Å².